The van der Waals surface area contributed by atoms with Gasteiger partial charge in [-0.2, -0.15) is 0 Å². The van der Waals surface area contributed by atoms with E-state index in [2.05, 4.69) is 36.3 Å². The lowest BCUT2D eigenvalue weighted by Crippen LogP contribution is -2.24. The molecule has 174 valence electrons. The molecule has 0 spiro atoms. The van der Waals surface area contributed by atoms with E-state index in [4.69, 9.17) is 0 Å². The third-order valence-electron chi connectivity index (χ3n) is 6.18. The van der Waals surface area contributed by atoms with E-state index in [1.54, 1.807) is 29.8 Å². The van der Waals surface area contributed by atoms with E-state index >= 15 is 0 Å². The number of hydrogen-bond acceptors (Lipinski definition) is 8. The van der Waals surface area contributed by atoms with Crippen molar-refractivity contribution in [3.63, 3.8) is 0 Å². The molecule has 4 heterocycles. The molecule has 1 atom stereocenters. The largest absolute Gasteiger partial charge is 0.368 e. The molecule has 1 aliphatic rings. The normalized spacial score (nSPS) is 14.1. The number of rotatable bonds is 7. The Kier molecular flexibility index (Phi) is 5.27. The van der Waals surface area contributed by atoms with Crippen LogP contribution in [-0.4, -0.2) is 51.4 Å². The minimum atomic E-state index is -0.947. The molecule has 0 aliphatic heterocycles. The minimum Gasteiger partial charge on any atom is -0.368 e. The van der Waals surface area contributed by atoms with Gasteiger partial charge in [-0.1, -0.05) is 12.1 Å². The van der Waals surface area contributed by atoms with Gasteiger partial charge in [0, 0.05) is 42.3 Å². The summed E-state index contributed by atoms with van der Waals surface area (Å²) in [6.07, 6.45) is 13.6. The van der Waals surface area contributed by atoms with Crippen LogP contribution in [0.25, 0.3) is 22.8 Å². The maximum atomic E-state index is 11.2. The lowest BCUT2D eigenvalue weighted by atomic mass is 10.1. The van der Waals surface area contributed by atoms with Crippen molar-refractivity contribution in [2.24, 2.45) is 0 Å². The number of hydrogen-bond donors (Lipinski definition) is 1. The highest BCUT2D eigenvalue weighted by Gasteiger charge is 2.26. The topological polar surface area (TPSA) is 111 Å². The minimum absolute atomic E-state index is 0.543. The lowest BCUT2D eigenvalue weighted by Gasteiger charge is -2.26. The maximum Gasteiger partial charge on any atom is 0.170 e. The maximum absolute atomic E-state index is 11.2. The standard InChI is InChI=1S/C25H23N9O/c1-32(25(35)22-10-20(7-8-28-22)33-13-23(29-15-33)17-5-6-17)19-4-2-3-18(9-19)24-31-30-16-34(24)21-11-26-14-27-12-21/h2-4,7-17,25,35H,5-6H2,1H3. The fraction of sp³-hybridized carbons (Fsp3) is 0.200. The summed E-state index contributed by atoms with van der Waals surface area (Å²) >= 11 is 0. The molecule has 1 aliphatic carbocycles. The first-order chi connectivity index (χ1) is 17.2. The summed E-state index contributed by atoms with van der Waals surface area (Å²) in [5.74, 6) is 1.23. The molecule has 1 fully saturated rings. The van der Waals surface area contributed by atoms with Crippen molar-refractivity contribution in [2.75, 3.05) is 11.9 Å². The summed E-state index contributed by atoms with van der Waals surface area (Å²) in [6.45, 7) is 0. The van der Waals surface area contributed by atoms with Gasteiger partial charge in [0.1, 0.15) is 12.7 Å². The van der Waals surface area contributed by atoms with Crippen molar-refractivity contribution in [3.05, 3.63) is 91.6 Å². The fourth-order valence-electron chi connectivity index (χ4n) is 4.05. The number of imidazole rings is 1. The predicted molar refractivity (Wildman–Crippen MR) is 129 cm³/mol. The molecule has 35 heavy (non-hydrogen) atoms. The average Bonchev–Trinajstić information content (AvgIpc) is 3.43. The van der Waals surface area contributed by atoms with Crippen molar-refractivity contribution in [3.8, 4) is 22.8 Å². The highest BCUT2D eigenvalue weighted by molar-refractivity contribution is 5.65. The van der Waals surface area contributed by atoms with Gasteiger partial charge in [0.15, 0.2) is 12.1 Å². The molecule has 1 N–H and O–H groups in total. The van der Waals surface area contributed by atoms with Crippen LogP contribution in [0.15, 0.2) is 80.2 Å². The molecule has 1 saturated carbocycles. The van der Waals surface area contributed by atoms with E-state index in [0.29, 0.717) is 17.4 Å². The Morgan fingerprint density at radius 1 is 1.03 bits per heavy atom. The van der Waals surface area contributed by atoms with Gasteiger partial charge in [-0.15, -0.1) is 10.2 Å². The van der Waals surface area contributed by atoms with Gasteiger partial charge in [-0.05, 0) is 37.1 Å². The number of anilines is 1. The monoisotopic (exact) mass is 465 g/mol. The van der Waals surface area contributed by atoms with Gasteiger partial charge in [-0.3, -0.25) is 9.55 Å². The van der Waals surface area contributed by atoms with E-state index in [0.717, 1.165) is 28.3 Å². The Balaban J connectivity index is 1.27. The third kappa shape index (κ3) is 4.15. The van der Waals surface area contributed by atoms with Crippen molar-refractivity contribution in [1.82, 2.24) is 39.3 Å². The van der Waals surface area contributed by atoms with Crippen LogP contribution >= 0.6 is 0 Å². The molecule has 1 aromatic carbocycles. The molecular weight excluding hydrogens is 442 g/mol. The number of benzene rings is 1. The fourth-order valence-corrected chi connectivity index (χ4v) is 4.05. The van der Waals surface area contributed by atoms with Crippen molar-refractivity contribution >= 4 is 5.69 Å². The zero-order valence-electron chi connectivity index (χ0n) is 19.0. The van der Waals surface area contributed by atoms with E-state index in [9.17, 15) is 5.11 Å². The first-order valence-corrected chi connectivity index (χ1v) is 11.3. The number of nitrogens with zero attached hydrogens (tertiary/aromatic N) is 9. The Labute approximate surface area is 201 Å². The highest BCUT2D eigenvalue weighted by Crippen LogP contribution is 2.39. The number of aliphatic hydroxyl groups is 1. The van der Waals surface area contributed by atoms with Crippen LogP contribution in [0.4, 0.5) is 5.69 Å². The predicted octanol–water partition coefficient (Wildman–Crippen LogP) is 3.31. The number of aliphatic hydroxyl groups excluding tert-OH is 1. The summed E-state index contributed by atoms with van der Waals surface area (Å²) in [6, 6.07) is 11.5. The van der Waals surface area contributed by atoms with Crippen molar-refractivity contribution < 1.29 is 5.11 Å². The van der Waals surface area contributed by atoms with Gasteiger partial charge in [-0.25, -0.2) is 15.0 Å². The van der Waals surface area contributed by atoms with Crippen LogP contribution in [0.1, 0.15) is 36.4 Å². The summed E-state index contributed by atoms with van der Waals surface area (Å²) < 4.78 is 3.80. The second kappa shape index (κ2) is 8.73. The van der Waals surface area contributed by atoms with Crippen LogP contribution in [0.2, 0.25) is 0 Å². The SMILES string of the molecule is CN(c1cccc(-c2nncn2-c2cncnc2)c1)C(O)c1cc(-n2cnc(C3CC3)c2)ccn1. The van der Waals surface area contributed by atoms with Crippen LogP contribution in [0.5, 0.6) is 0 Å². The Morgan fingerprint density at radius 2 is 1.89 bits per heavy atom. The molecule has 0 amide bonds. The molecule has 0 radical (unpaired) electrons. The van der Waals surface area contributed by atoms with E-state index < -0.39 is 6.23 Å². The third-order valence-corrected chi connectivity index (χ3v) is 6.18. The summed E-state index contributed by atoms with van der Waals surface area (Å²) in [5.41, 5.74) is 4.98. The van der Waals surface area contributed by atoms with Gasteiger partial charge in [0.2, 0.25) is 0 Å². The Bertz CT molecular complexity index is 1460. The molecule has 1 unspecified atom stereocenters. The van der Waals surface area contributed by atoms with Gasteiger partial charge >= 0.3 is 0 Å². The second-order valence-electron chi connectivity index (χ2n) is 8.58. The molecule has 0 bridgehead atoms. The summed E-state index contributed by atoms with van der Waals surface area (Å²) in [5, 5.41) is 19.5. The van der Waals surface area contributed by atoms with E-state index in [1.807, 2.05) is 58.9 Å². The van der Waals surface area contributed by atoms with Crippen LogP contribution in [0, 0.1) is 0 Å². The lowest BCUT2D eigenvalue weighted by molar-refractivity contribution is 0.173. The molecule has 6 rings (SSSR count). The average molecular weight is 466 g/mol. The second-order valence-corrected chi connectivity index (χ2v) is 8.58. The van der Waals surface area contributed by atoms with Gasteiger partial charge in [0.25, 0.3) is 0 Å². The van der Waals surface area contributed by atoms with Crippen molar-refractivity contribution in [2.45, 2.75) is 25.0 Å². The summed E-state index contributed by atoms with van der Waals surface area (Å²) in [4.78, 5) is 18.9. The molecule has 10 nitrogen and oxygen atoms in total. The highest BCUT2D eigenvalue weighted by atomic mass is 16.3. The zero-order valence-corrected chi connectivity index (χ0v) is 19.0. The van der Waals surface area contributed by atoms with E-state index in [1.165, 1.54) is 19.2 Å². The quantitative estimate of drug-likeness (QED) is 0.365. The Hall–Kier alpha value is -4.44. The molecule has 4 aromatic heterocycles. The Morgan fingerprint density at radius 3 is 2.71 bits per heavy atom. The van der Waals surface area contributed by atoms with Gasteiger partial charge < -0.3 is 14.6 Å². The number of aromatic nitrogens is 8. The van der Waals surface area contributed by atoms with Crippen LogP contribution < -0.4 is 4.90 Å². The molecule has 5 aromatic rings. The smallest absolute Gasteiger partial charge is 0.170 e. The van der Waals surface area contributed by atoms with Crippen molar-refractivity contribution in [1.29, 1.82) is 0 Å². The number of pyridine rings is 1. The van der Waals surface area contributed by atoms with Crippen LogP contribution in [-0.2, 0) is 0 Å². The summed E-state index contributed by atoms with van der Waals surface area (Å²) in [7, 11) is 1.83. The van der Waals surface area contributed by atoms with Gasteiger partial charge in [0.05, 0.1) is 35.8 Å². The molecule has 0 saturated heterocycles. The van der Waals surface area contributed by atoms with E-state index in [-0.39, 0.29) is 0 Å². The zero-order chi connectivity index (χ0) is 23.8. The first kappa shape index (κ1) is 21.1. The first-order valence-electron chi connectivity index (χ1n) is 11.3. The molecular formula is C25H23N9O. The van der Waals surface area contributed by atoms with Crippen LogP contribution in [0.3, 0.4) is 0 Å². The molecule has 10 heteroatoms.